The van der Waals surface area contributed by atoms with Gasteiger partial charge in [-0.05, 0) is 86.1 Å². The first-order valence-electron chi connectivity index (χ1n) is 14.0. The number of aryl methyl sites for hydroxylation is 1. The summed E-state index contributed by atoms with van der Waals surface area (Å²) in [5, 5.41) is 1.93. The molecule has 0 unspecified atom stereocenters. The number of hydrogen-bond donors (Lipinski definition) is 0. The predicted molar refractivity (Wildman–Crippen MR) is 152 cm³/mol. The van der Waals surface area contributed by atoms with Crippen molar-refractivity contribution in [2.24, 2.45) is 0 Å². The van der Waals surface area contributed by atoms with Gasteiger partial charge in [0.1, 0.15) is 11.4 Å². The fourth-order valence-electron chi connectivity index (χ4n) is 5.52. The van der Waals surface area contributed by atoms with Crippen LogP contribution in [0.25, 0.3) is 10.8 Å². The molecule has 0 atom stereocenters. The molecular formula is C33H39NO5. The molecule has 2 aliphatic heterocycles. The van der Waals surface area contributed by atoms with Crippen molar-refractivity contribution in [1.82, 2.24) is 4.90 Å². The molecule has 0 aliphatic carbocycles. The molecule has 0 radical (unpaired) electrons. The summed E-state index contributed by atoms with van der Waals surface area (Å²) < 4.78 is 17.3. The summed E-state index contributed by atoms with van der Waals surface area (Å²) in [6.07, 6.45) is 2.86. The molecule has 6 nitrogen and oxygen atoms in total. The monoisotopic (exact) mass is 529 g/mol. The molecule has 0 aromatic heterocycles. The van der Waals surface area contributed by atoms with Gasteiger partial charge in [-0.1, -0.05) is 36.4 Å². The van der Waals surface area contributed by atoms with Crippen LogP contribution in [0.4, 0.5) is 0 Å². The third-order valence-corrected chi connectivity index (χ3v) is 7.47. The number of fused-ring (bicyclic) bond motifs is 2. The maximum absolute atomic E-state index is 13.7. The minimum absolute atomic E-state index is 0.0661. The molecule has 5 rings (SSSR count). The molecule has 0 N–H and O–H groups in total. The number of rotatable bonds is 5. The van der Waals surface area contributed by atoms with Gasteiger partial charge in [0, 0.05) is 44.5 Å². The second-order valence-corrected chi connectivity index (χ2v) is 12.2. The first-order chi connectivity index (χ1) is 18.5. The van der Waals surface area contributed by atoms with Gasteiger partial charge < -0.3 is 19.1 Å². The lowest BCUT2D eigenvalue weighted by Gasteiger charge is -2.34. The van der Waals surface area contributed by atoms with Crippen molar-refractivity contribution in [3.8, 4) is 5.75 Å². The van der Waals surface area contributed by atoms with Crippen LogP contribution in [0.5, 0.6) is 5.75 Å². The predicted octanol–water partition coefficient (Wildman–Crippen LogP) is 6.78. The van der Waals surface area contributed by atoms with Gasteiger partial charge in [-0.2, -0.15) is 0 Å². The molecule has 0 saturated carbocycles. The summed E-state index contributed by atoms with van der Waals surface area (Å²) in [5.74, 6) is 0.387. The molecule has 1 saturated heterocycles. The SMILES string of the molecule is CC(C)(C)OC(=O)CCc1cccc(C2CCN(C(=O)c3cccc4cc5c(cc34)OC(C)(C)OC5)CC2)c1. The Balaban J connectivity index is 1.24. The lowest BCUT2D eigenvalue weighted by atomic mass is 9.88. The maximum atomic E-state index is 13.7. The van der Waals surface area contributed by atoms with E-state index in [-0.39, 0.29) is 11.9 Å². The van der Waals surface area contributed by atoms with Crippen molar-refractivity contribution >= 4 is 22.6 Å². The number of ether oxygens (including phenoxy) is 3. The van der Waals surface area contributed by atoms with E-state index in [0.717, 1.165) is 40.5 Å². The second kappa shape index (κ2) is 10.6. The Kier molecular flexibility index (Phi) is 7.43. The van der Waals surface area contributed by atoms with Crippen LogP contribution in [-0.2, 0) is 27.3 Å². The molecule has 3 aromatic carbocycles. The Labute approximate surface area is 231 Å². The summed E-state index contributed by atoms with van der Waals surface area (Å²) in [6.45, 7) is 11.4. The van der Waals surface area contributed by atoms with Gasteiger partial charge in [0.05, 0.1) is 6.61 Å². The molecule has 0 bridgehead atoms. The van der Waals surface area contributed by atoms with E-state index in [1.165, 1.54) is 5.56 Å². The highest BCUT2D eigenvalue weighted by atomic mass is 16.7. The minimum Gasteiger partial charge on any atom is -0.463 e. The lowest BCUT2D eigenvalue weighted by molar-refractivity contribution is -0.180. The summed E-state index contributed by atoms with van der Waals surface area (Å²) in [5.41, 5.74) is 3.68. The van der Waals surface area contributed by atoms with Crippen molar-refractivity contribution in [3.05, 3.63) is 76.9 Å². The average molecular weight is 530 g/mol. The van der Waals surface area contributed by atoms with Gasteiger partial charge in [0.15, 0.2) is 0 Å². The summed E-state index contributed by atoms with van der Waals surface area (Å²) in [7, 11) is 0. The van der Waals surface area contributed by atoms with E-state index in [2.05, 4.69) is 30.3 Å². The van der Waals surface area contributed by atoms with Crippen molar-refractivity contribution in [2.45, 2.75) is 84.2 Å². The van der Waals surface area contributed by atoms with Crippen LogP contribution in [0.3, 0.4) is 0 Å². The van der Waals surface area contributed by atoms with E-state index in [1.54, 1.807) is 0 Å². The Morgan fingerprint density at radius 1 is 1.03 bits per heavy atom. The lowest BCUT2D eigenvalue weighted by Crippen LogP contribution is -2.38. The van der Waals surface area contributed by atoms with E-state index in [9.17, 15) is 9.59 Å². The molecule has 6 heteroatoms. The van der Waals surface area contributed by atoms with Crippen LogP contribution >= 0.6 is 0 Å². The highest BCUT2D eigenvalue weighted by Gasteiger charge is 2.29. The fraction of sp³-hybridized carbons (Fsp3) is 0.455. The molecule has 2 aliphatic rings. The van der Waals surface area contributed by atoms with Crippen molar-refractivity contribution in [1.29, 1.82) is 0 Å². The number of amides is 1. The maximum Gasteiger partial charge on any atom is 0.306 e. The van der Waals surface area contributed by atoms with Crippen LogP contribution in [-0.4, -0.2) is 41.3 Å². The average Bonchev–Trinajstić information content (AvgIpc) is 2.89. The zero-order valence-corrected chi connectivity index (χ0v) is 23.7. The fourth-order valence-corrected chi connectivity index (χ4v) is 5.52. The minimum atomic E-state index is -0.686. The Morgan fingerprint density at radius 2 is 1.77 bits per heavy atom. The normalized spacial score (nSPS) is 17.4. The third kappa shape index (κ3) is 6.44. The molecule has 39 heavy (non-hydrogen) atoms. The van der Waals surface area contributed by atoms with E-state index in [1.807, 2.05) is 63.8 Å². The van der Waals surface area contributed by atoms with Crippen LogP contribution in [0.1, 0.15) is 86.8 Å². The Hall–Kier alpha value is -3.38. The number of likely N-dealkylation sites (tertiary alicyclic amines) is 1. The van der Waals surface area contributed by atoms with Crippen LogP contribution in [0.15, 0.2) is 54.6 Å². The number of benzene rings is 3. The molecule has 1 amide bonds. The van der Waals surface area contributed by atoms with E-state index in [0.29, 0.717) is 44.0 Å². The highest BCUT2D eigenvalue weighted by molar-refractivity contribution is 6.07. The standard InChI is InChI=1S/C33H39NO5/c1-32(2,3)39-30(35)13-12-22-8-6-9-24(18-22)23-14-16-34(17-15-23)31(36)27-11-7-10-25-19-26-21-37-33(4,5)38-29(26)20-28(25)27/h6-11,18-20,23H,12-17,21H2,1-5H3. The Morgan fingerprint density at radius 3 is 2.51 bits per heavy atom. The van der Waals surface area contributed by atoms with Crippen LogP contribution in [0.2, 0.25) is 0 Å². The molecular weight excluding hydrogens is 490 g/mol. The number of piperidine rings is 1. The molecule has 2 heterocycles. The van der Waals surface area contributed by atoms with Gasteiger partial charge in [-0.3, -0.25) is 9.59 Å². The number of hydrogen-bond acceptors (Lipinski definition) is 5. The van der Waals surface area contributed by atoms with E-state index in [4.69, 9.17) is 14.2 Å². The van der Waals surface area contributed by atoms with Gasteiger partial charge in [0.2, 0.25) is 5.79 Å². The number of carbonyl (C=O) groups excluding carboxylic acids is 2. The number of esters is 1. The molecule has 0 spiro atoms. The van der Waals surface area contributed by atoms with Gasteiger partial charge in [-0.25, -0.2) is 0 Å². The molecule has 206 valence electrons. The molecule has 3 aromatic rings. The number of carbonyl (C=O) groups is 2. The summed E-state index contributed by atoms with van der Waals surface area (Å²) in [6, 6.07) is 18.5. The van der Waals surface area contributed by atoms with Gasteiger partial charge >= 0.3 is 5.97 Å². The summed E-state index contributed by atoms with van der Waals surface area (Å²) >= 11 is 0. The summed E-state index contributed by atoms with van der Waals surface area (Å²) in [4.78, 5) is 27.8. The van der Waals surface area contributed by atoms with Gasteiger partial charge in [-0.15, -0.1) is 0 Å². The van der Waals surface area contributed by atoms with Crippen molar-refractivity contribution in [2.75, 3.05) is 13.1 Å². The largest absolute Gasteiger partial charge is 0.463 e. The first-order valence-corrected chi connectivity index (χ1v) is 14.0. The third-order valence-electron chi connectivity index (χ3n) is 7.47. The quantitative estimate of drug-likeness (QED) is 0.341. The Bertz CT molecular complexity index is 1380. The first kappa shape index (κ1) is 27.2. The van der Waals surface area contributed by atoms with Crippen LogP contribution < -0.4 is 4.74 Å². The zero-order valence-electron chi connectivity index (χ0n) is 23.7. The van der Waals surface area contributed by atoms with Crippen LogP contribution in [0, 0.1) is 0 Å². The smallest absolute Gasteiger partial charge is 0.306 e. The second-order valence-electron chi connectivity index (χ2n) is 12.2. The van der Waals surface area contributed by atoms with Crippen molar-refractivity contribution in [3.63, 3.8) is 0 Å². The highest BCUT2D eigenvalue weighted by Crippen LogP contribution is 2.36. The zero-order chi connectivity index (χ0) is 27.8. The van der Waals surface area contributed by atoms with E-state index >= 15 is 0 Å². The molecule has 1 fully saturated rings. The van der Waals surface area contributed by atoms with E-state index < -0.39 is 11.4 Å². The van der Waals surface area contributed by atoms with Gasteiger partial charge in [0.25, 0.3) is 5.91 Å². The van der Waals surface area contributed by atoms with Crippen molar-refractivity contribution < 1.29 is 23.8 Å². The topological polar surface area (TPSA) is 65.1 Å². The number of nitrogens with zero attached hydrogens (tertiary/aromatic N) is 1.